The lowest BCUT2D eigenvalue weighted by atomic mass is 9.95. The largest absolute Gasteiger partial charge is 0.455 e. The van der Waals surface area contributed by atoms with Gasteiger partial charge in [0.2, 0.25) is 0 Å². The molecule has 13 rings (SSSR count). The molecule has 72 heavy (non-hydrogen) atoms. The van der Waals surface area contributed by atoms with Crippen LogP contribution in [0.15, 0.2) is 154 Å². The standard InChI is InChI=1S/C66H60N2O2Si2/c1-37-21-27-49(41(5)31-37)67(50-28-22-38(2)32-42(50)6)53-35-57-61(63-59(53)45-17-13-15-19-55(45)69-63)47-25-26-48-62-58(72(11,12)66(48)65(47)71(57,9)10)36-54(60-46-18-14-16-20-56(46)70-64(60)62)68(51-29-23-39(3)33-43(51)7)52-30-24-40(4)34-44(52)8/h13-36H,1-12H3. The molecule has 354 valence electrons. The molecule has 6 heteroatoms. The van der Waals surface area contributed by atoms with Crippen molar-refractivity contribution in [1.82, 2.24) is 0 Å². The maximum atomic E-state index is 7.28. The first kappa shape index (κ1) is 44.5. The van der Waals surface area contributed by atoms with E-state index in [0.717, 1.165) is 43.9 Å². The Bertz CT molecular complexity index is 3800. The highest BCUT2D eigenvalue weighted by atomic mass is 28.3. The van der Waals surface area contributed by atoms with Gasteiger partial charge in [0.25, 0.3) is 0 Å². The number of fused-ring (bicyclic) bond motifs is 15. The van der Waals surface area contributed by atoms with Crippen LogP contribution in [0.5, 0.6) is 0 Å². The molecular formula is C66H60N2O2Si2. The quantitative estimate of drug-likeness (QED) is 0.155. The monoisotopic (exact) mass is 968 g/mol. The van der Waals surface area contributed by atoms with Gasteiger partial charge in [-0.05, 0) is 158 Å². The summed E-state index contributed by atoms with van der Waals surface area (Å²) in [6, 6.07) is 55.0. The van der Waals surface area contributed by atoms with E-state index < -0.39 is 16.1 Å². The van der Waals surface area contributed by atoms with E-state index in [2.05, 4.69) is 237 Å². The molecule has 9 aromatic carbocycles. The van der Waals surface area contributed by atoms with E-state index in [1.807, 2.05) is 0 Å². The third-order valence-electron chi connectivity index (χ3n) is 16.5. The van der Waals surface area contributed by atoms with Crippen molar-refractivity contribution in [3.63, 3.8) is 0 Å². The lowest BCUT2D eigenvalue weighted by Gasteiger charge is -2.32. The fraction of sp³-hybridized carbons (Fsp3) is 0.182. The van der Waals surface area contributed by atoms with Gasteiger partial charge in [0.15, 0.2) is 0 Å². The molecule has 4 heterocycles. The number of rotatable bonds is 6. The molecule has 0 aliphatic carbocycles. The average Bonchev–Trinajstić information content (AvgIpc) is 4.04. The fourth-order valence-electron chi connectivity index (χ4n) is 13.2. The summed E-state index contributed by atoms with van der Waals surface area (Å²) in [7, 11) is -5.03. The number of para-hydroxylation sites is 2. The molecule has 0 N–H and O–H groups in total. The van der Waals surface area contributed by atoms with Gasteiger partial charge in [-0.1, -0.05) is 146 Å². The lowest BCUT2D eigenvalue weighted by molar-refractivity contribution is 0.670. The summed E-state index contributed by atoms with van der Waals surface area (Å²) in [6.07, 6.45) is 0. The van der Waals surface area contributed by atoms with Crippen molar-refractivity contribution >= 4 is 115 Å². The number of benzene rings is 9. The Kier molecular flexibility index (Phi) is 9.63. The van der Waals surface area contributed by atoms with Crippen molar-refractivity contribution in [2.24, 2.45) is 0 Å². The second-order valence-corrected chi connectivity index (χ2v) is 30.8. The number of hydrogen-bond donors (Lipinski definition) is 0. The van der Waals surface area contributed by atoms with E-state index in [-0.39, 0.29) is 0 Å². The highest BCUT2D eigenvalue weighted by Gasteiger charge is 2.50. The van der Waals surface area contributed by atoms with Gasteiger partial charge in [0, 0.05) is 44.6 Å². The Labute approximate surface area is 425 Å². The first-order valence-corrected chi connectivity index (χ1v) is 31.6. The first-order valence-electron chi connectivity index (χ1n) is 25.6. The minimum Gasteiger partial charge on any atom is -0.455 e. The van der Waals surface area contributed by atoms with Crippen LogP contribution < -0.4 is 30.5 Å². The summed E-state index contributed by atoms with van der Waals surface area (Å²) in [5, 5.41) is 10.6. The van der Waals surface area contributed by atoms with Crippen LogP contribution in [-0.2, 0) is 0 Å². The van der Waals surface area contributed by atoms with Crippen molar-refractivity contribution < 1.29 is 8.83 Å². The summed E-state index contributed by atoms with van der Waals surface area (Å²) < 4.78 is 14.6. The summed E-state index contributed by atoms with van der Waals surface area (Å²) in [5.41, 5.74) is 26.1. The molecule has 0 spiro atoms. The summed E-state index contributed by atoms with van der Waals surface area (Å²) >= 11 is 0. The zero-order valence-electron chi connectivity index (χ0n) is 43.6. The second-order valence-electron chi connectivity index (χ2n) is 22.2. The van der Waals surface area contributed by atoms with Crippen LogP contribution in [0.25, 0.3) is 66.1 Å². The van der Waals surface area contributed by atoms with Crippen LogP contribution in [0.3, 0.4) is 0 Å². The van der Waals surface area contributed by atoms with Gasteiger partial charge in [-0.25, -0.2) is 0 Å². The fourth-order valence-corrected chi connectivity index (χ4v) is 21.7. The predicted octanol–water partition coefficient (Wildman–Crippen LogP) is 16.5. The minimum atomic E-state index is -2.52. The third kappa shape index (κ3) is 6.21. The van der Waals surface area contributed by atoms with Crippen LogP contribution in [0, 0.1) is 55.4 Å². The molecule has 0 atom stereocenters. The molecule has 2 aliphatic heterocycles. The topological polar surface area (TPSA) is 32.8 Å². The normalized spacial score (nSPS) is 14.1. The van der Waals surface area contributed by atoms with E-state index in [0.29, 0.717) is 0 Å². The first-order chi connectivity index (χ1) is 34.5. The van der Waals surface area contributed by atoms with Gasteiger partial charge in [-0.2, -0.15) is 0 Å². The van der Waals surface area contributed by atoms with Gasteiger partial charge in [-0.15, -0.1) is 0 Å². The van der Waals surface area contributed by atoms with E-state index in [1.54, 1.807) is 10.4 Å². The third-order valence-corrected chi connectivity index (χ3v) is 23.7. The minimum absolute atomic E-state index is 0.913. The Balaban J connectivity index is 1.10. The van der Waals surface area contributed by atoms with E-state index in [1.165, 1.54) is 111 Å². The van der Waals surface area contributed by atoms with E-state index >= 15 is 0 Å². The number of anilines is 6. The lowest BCUT2D eigenvalue weighted by Crippen LogP contribution is -2.63. The predicted molar refractivity (Wildman–Crippen MR) is 313 cm³/mol. The van der Waals surface area contributed by atoms with Crippen molar-refractivity contribution in [2.75, 3.05) is 9.80 Å². The van der Waals surface area contributed by atoms with Crippen molar-refractivity contribution in [1.29, 1.82) is 0 Å². The van der Waals surface area contributed by atoms with Gasteiger partial charge in [0.05, 0.1) is 22.1 Å². The molecule has 0 amide bonds. The van der Waals surface area contributed by atoms with Crippen LogP contribution in [-0.4, -0.2) is 16.1 Å². The van der Waals surface area contributed by atoms with E-state index in [9.17, 15) is 0 Å². The van der Waals surface area contributed by atoms with Crippen molar-refractivity contribution in [3.8, 4) is 22.3 Å². The molecule has 0 bridgehead atoms. The van der Waals surface area contributed by atoms with Gasteiger partial charge >= 0.3 is 0 Å². The molecule has 0 unspecified atom stereocenters. The summed E-state index contributed by atoms with van der Waals surface area (Å²) in [4.78, 5) is 5.08. The van der Waals surface area contributed by atoms with Crippen LogP contribution in [0.2, 0.25) is 26.2 Å². The molecule has 2 aromatic heterocycles. The second kappa shape index (κ2) is 15.6. The number of furan rings is 2. The number of hydrogen-bond acceptors (Lipinski definition) is 4. The Hall–Kier alpha value is -7.39. The van der Waals surface area contributed by atoms with Crippen molar-refractivity contribution in [3.05, 3.63) is 190 Å². The molecule has 2 aliphatic rings. The molecule has 0 radical (unpaired) electrons. The maximum Gasteiger partial charge on any atom is 0.145 e. The molecular weight excluding hydrogens is 909 g/mol. The van der Waals surface area contributed by atoms with Crippen LogP contribution in [0.4, 0.5) is 34.1 Å². The SMILES string of the molecule is Cc1ccc(N(c2ccc(C)cc2C)c2cc3c(c4oc5ccccc5c24)-c2ccc4c(c2[Si]3(C)C)[Si](C)(C)c2cc(N(c3ccc(C)cc3C)c3ccc(C)cc3C)c3c(oc5ccccc53)c2-4)c(C)c1. The van der Waals surface area contributed by atoms with E-state index in [4.69, 9.17) is 8.83 Å². The zero-order valence-corrected chi connectivity index (χ0v) is 45.6. The molecule has 4 nitrogen and oxygen atoms in total. The van der Waals surface area contributed by atoms with Gasteiger partial charge in [0.1, 0.15) is 38.5 Å². The van der Waals surface area contributed by atoms with Crippen molar-refractivity contribution in [2.45, 2.75) is 81.6 Å². The Morgan fingerprint density at radius 3 is 0.986 bits per heavy atom. The Morgan fingerprint density at radius 1 is 0.347 bits per heavy atom. The molecule has 0 saturated heterocycles. The number of nitrogens with zero attached hydrogens (tertiary/aromatic N) is 2. The molecule has 11 aromatic rings. The molecule has 0 saturated carbocycles. The zero-order chi connectivity index (χ0) is 49.9. The van der Waals surface area contributed by atoms with Gasteiger partial charge in [-0.3, -0.25) is 0 Å². The smallest absolute Gasteiger partial charge is 0.145 e. The summed E-state index contributed by atoms with van der Waals surface area (Å²) in [5.74, 6) is 0. The maximum absolute atomic E-state index is 7.28. The Morgan fingerprint density at radius 2 is 0.667 bits per heavy atom. The number of aryl methyl sites for hydroxylation is 8. The molecule has 0 fully saturated rings. The summed E-state index contributed by atoms with van der Waals surface area (Å²) in [6.45, 7) is 28.2. The highest BCUT2D eigenvalue weighted by molar-refractivity contribution is 7.13. The van der Waals surface area contributed by atoms with Crippen LogP contribution >= 0.6 is 0 Å². The average molecular weight is 969 g/mol. The van der Waals surface area contributed by atoms with Crippen LogP contribution in [0.1, 0.15) is 44.5 Å². The van der Waals surface area contributed by atoms with Gasteiger partial charge < -0.3 is 18.6 Å². The highest BCUT2D eigenvalue weighted by Crippen LogP contribution is 2.52.